The number of carbonyl (C=O) groups excluding carboxylic acids is 1. The van der Waals surface area contributed by atoms with Crippen molar-refractivity contribution >= 4 is 11.7 Å². The Morgan fingerprint density at radius 2 is 2.04 bits per heavy atom. The van der Waals surface area contributed by atoms with Crippen LogP contribution in [0, 0.1) is 12.9 Å². The highest BCUT2D eigenvalue weighted by atomic mass is 19.1. The van der Waals surface area contributed by atoms with E-state index in [9.17, 15) is 9.18 Å². The molecule has 2 aliphatic rings. The zero-order valence-corrected chi connectivity index (χ0v) is 15.4. The molecular formula is C22H23FN2O2. The molecule has 1 saturated heterocycles. The molecule has 2 aliphatic heterocycles. The van der Waals surface area contributed by atoms with Crippen LogP contribution in [0.4, 0.5) is 9.18 Å². The van der Waals surface area contributed by atoms with Gasteiger partial charge in [0.25, 0.3) is 0 Å². The third-order valence-corrected chi connectivity index (χ3v) is 5.45. The number of benzene rings is 1. The van der Waals surface area contributed by atoms with Crippen LogP contribution in [0.2, 0.25) is 0 Å². The number of piperidine rings is 1. The standard InChI is InChI=1S/C22H23FN2O2/c1-15-20(10-11-21(23)24-15)17-12-18-8-5-9-19(13-17)25(18)22(26)27-14-16-6-3-2-4-7-16/h2-4,6-7,10-12,18-19H,5,8-9,13-14H2,1H3. The van der Waals surface area contributed by atoms with Gasteiger partial charge >= 0.3 is 6.09 Å². The monoisotopic (exact) mass is 366 g/mol. The lowest BCUT2D eigenvalue weighted by atomic mass is 9.83. The minimum absolute atomic E-state index is 0.0280. The number of hydrogen-bond acceptors (Lipinski definition) is 3. The lowest BCUT2D eigenvalue weighted by Gasteiger charge is -2.44. The normalized spacial score (nSPS) is 21.6. The van der Waals surface area contributed by atoms with E-state index in [1.165, 1.54) is 6.07 Å². The molecule has 2 unspecified atom stereocenters. The average molecular weight is 366 g/mol. The Kier molecular flexibility index (Phi) is 4.92. The number of hydrogen-bond donors (Lipinski definition) is 0. The number of halogens is 1. The molecule has 1 fully saturated rings. The molecular weight excluding hydrogens is 343 g/mol. The SMILES string of the molecule is Cc1nc(F)ccc1C1=CC2CCCC(C1)N2C(=O)OCc1ccccc1. The van der Waals surface area contributed by atoms with E-state index in [1.54, 1.807) is 6.07 Å². The molecule has 3 heterocycles. The summed E-state index contributed by atoms with van der Waals surface area (Å²) in [7, 11) is 0. The van der Waals surface area contributed by atoms with Gasteiger partial charge < -0.3 is 4.74 Å². The van der Waals surface area contributed by atoms with Gasteiger partial charge in [-0.05, 0) is 61.4 Å². The van der Waals surface area contributed by atoms with Crippen LogP contribution in [0.3, 0.4) is 0 Å². The van der Waals surface area contributed by atoms with E-state index in [-0.39, 0.29) is 24.8 Å². The maximum absolute atomic E-state index is 13.3. The second kappa shape index (κ2) is 7.51. The highest BCUT2D eigenvalue weighted by Gasteiger charge is 2.38. The van der Waals surface area contributed by atoms with E-state index >= 15 is 0 Å². The van der Waals surface area contributed by atoms with Gasteiger partial charge in [0.2, 0.25) is 5.95 Å². The van der Waals surface area contributed by atoms with Gasteiger partial charge in [-0.2, -0.15) is 4.39 Å². The molecule has 1 aromatic carbocycles. The van der Waals surface area contributed by atoms with E-state index in [0.29, 0.717) is 5.69 Å². The number of aryl methyl sites for hydroxylation is 1. The van der Waals surface area contributed by atoms with Gasteiger partial charge in [0.15, 0.2) is 0 Å². The molecule has 0 radical (unpaired) electrons. The van der Waals surface area contributed by atoms with Crippen molar-refractivity contribution in [2.45, 2.75) is 51.3 Å². The van der Waals surface area contributed by atoms with Crippen molar-refractivity contribution in [3.8, 4) is 0 Å². The summed E-state index contributed by atoms with van der Waals surface area (Å²) in [6.07, 6.45) is 5.63. The summed E-state index contributed by atoms with van der Waals surface area (Å²) < 4.78 is 18.9. The van der Waals surface area contributed by atoms with Crippen molar-refractivity contribution in [3.05, 3.63) is 71.3 Å². The summed E-state index contributed by atoms with van der Waals surface area (Å²) in [6.45, 7) is 2.11. The quantitative estimate of drug-likeness (QED) is 0.728. The molecule has 1 aromatic heterocycles. The Bertz CT molecular complexity index is 866. The van der Waals surface area contributed by atoms with Crippen LogP contribution in [-0.2, 0) is 11.3 Å². The molecule has 27 heavy (non-hydrogen) atoms. The van der Waals surface area contributed by atoms with E-state index in [1.807, 2.05) is 42.2 Å². The molecule has 0 aliphatic carbocycles. The Balaban J connectivity index is 1.52. The number of nitrogens with zero attached hydrogens (tertiary/aromatic N) is 2. The first kappa shape index (κ1) is 17.7. The summed E-state index contributed by atoms with van der Waals surface area (Å²) in [4.78, 5) is 18.6. The maximum Gasteiger partial charge on any atom is 0.410 e. The number of ether oxygens (including phenoxy) is 1. The van der Waals surface area contributed by atoms with E-state index in [4.69, 9.17) is 4.74 Å². The number of aromatic nitrogens is 1. The number of carbonyl (C=O) groups is 1. The Labute approximate surface area is 158 Å². The van der Waals surface area contributed by atoms with Crippen LogP contribution < -0.4 is 0 Å². The van der Waals surface area contributed by atoms with Crippen molar-refractivity contribution in [2.75, 3.05) is 0 Å². The molecule has 1 amide bonds. The minimum atomic E-state index is -0.459. The van der Waals surface area contributed by atoms with Gasteiger partial charge in [0, 0.05) is 11.7 Å². The molecule has 0 saturated carbocycles. The summed E-state index contributed by atoms with van der Waals surface area (Å²) in [5, 5.41) is 0. The predicted octanol–water partition coefficient (Wildman–Crippen LogP) is 4.88. The van der Waals surface area contributed by atoms with Crippen LogP contribution >= 0.6 is 0 Å². The first-order valence-corrected chi connectivity index (χ1v) is 9.45. The van der Waals surface area contributed by atoms with Crippen molar-refractivity contribution in [1.82, 2.24) is 9.88 Å². The number of fused-ring (bicyclic) bond motifs is 2. The second-order valence-corrected chi connectivity index (χ2v) is 7.26. The molecule has 0 N–H and O–H groups in total. The molecule has 2 atom stereocenters. The second-order valence-electron chi connectivity index (χ2n) is 7.26. The fourth-order valence-corrected chi connectivity index (χ4v) is 4.18. The lowest BCUT2D eigenvalue weighted by molar-refractivity contribution is 0.0510. The van der Waals surface area contributed by atoms with Crippen molar-refractivity contribution in [2.24, 2.45) is 0 Å². The van der Waals surface area contributed by atoms with Gasteiger partial charge in [-0.1, -0.05) is 36.4 Å². The first-order chi connectivity index (χ1) is 13.1. The first-order valence-electron chi connectivity index (χ1n) is 9.45. The summed E-state index contributed by atoms with van der Waals surface area (Å²) >= 11 is 0. The van der Waals surface area contributed by atoms with E-state index in [0.717, 1.165) is 42.4 Å². The van der Waals surface area contributed by atoms with Crippen LogP contribution in [0.15, 0.2) is 48.5 Å². The van der Waals surface area contributed by atoms with E-state index < -0.39 is 5.95 Å². The van der Waals surface area contributed by atoms with Crippen LogP contribution in [0.25, 0.3) is 5.57 Å². The highest BCUT2D eigenvalue weighted by molar-refractivity contribution is 5.75. The van der Waals surface area contributed by atoms with Gasteiger partial charge in [-0.3, -0.25) is 4.90 Å². The van der Waals surface area contributed by atoms with Gasteiger partial charge in [-0.25, -0.2) is 9.78 Å². The van der Waals surface area contributed by atoms with Crippen molar-refractivity contribution in [3.63, 3.8) is 0 Å². The maximum atomic E-state index is 13.3. The molecule has 4 rings (SSSR count). The van der Waals surface area contributed by atoms with Gasteiger partial charge in [0.1, 0.15) is 6.61 Å². The summed E-state index contributed by atoms with van der Waals surface area (Å²) in [6, 6.07) is 13.1. The van der Waals surface area contributed by atoms with Gasteiger partial charge in [-0.15, -0.1) is 0 Å². The van der Waals surface area contributed by atoms with Crippen molar-refractivity contribution < 1.29 is 13.9 Å². The number of amides is 1. The zero-order valence-electron chi connectivity index (χ0n) is 15.4. The highest BCUT2D eigenvalue weighted by Crippen LogP contribution is 2.38. The Morgan fingerprint density at radius 3 is 2.78 bits per heavy atom. The fraction of sp³-hybridized carbons (Fsp3) is 0.364. The third-order valence-electron chi connectivity index (χ3n) is 5.45. The minimum Gasteiger partial charge on any atom is -0.445 e. The summed E-state index contributed by atoms with van der Waals surface area (Å²) in [5.74, 6) is -0.459. The van der Waals surface area contributed by atoms with Gasteiger partial charge in [0.05, 0.1) is 6.04 Å². The van der Waals surface area contributed by atoms with Crippen LogP contribution in [-0.4, -0.2) is 28.1 Å². The summed E-state index contributed by atoms with van der Waals surface area (Å²) in [5.41, 5.74) is 3.81. The Hall–Kier alpha value is -2.69. The molecule has 2 bridgehead atoms. The topological polar surface area (TPSA) is 42.4 Å². The average Bonchev–Trinajstić information content (AvgIpc) is 2.66. The molecule has 140 valence electrons. The number of pyridine rings is 1. The smallest absolute Gasteiger partial charge is 0.410 e. The molecule has 5 heteroatoms. The fourth-order valence-electron chi connectivity index (χ4n) is 4.18. The zero-order chi connectivity index (χ0) is 18.8. The Morgan fingerprint density at radius 1 is 1.22 bits per heavy atom. The van der Waals surface area contributed by atoms with Crippen LogP contribution in [0.5, 0.6) is 0 Å². The third kappa shape index (κ3) is 3.72. The van der Waals surface area contributed by atoms with Crippen molar-refractivity contribution in [1.29, 1.82) is 0 Å². The van der Waals surface area contributed by atoms with Crippen LogP contribution in [0.1, 0.15) is 42.5 Å². The molecule has 4 nitrogen and oxygen atoms in total. The van der Waals surface area contributed by atoms with E-state index in [2.05, 4.69) is 11.1 Å². The molecule has 0 spiro atoms. The number of rotatable bonds is 3. The largest absolute Gasteiger partial charge is 0.445 e. The lowest BCUT2D eigenvalue weighted by Crippen LogP contribution is -2.51. The predicted molar refractivity (Wildman–Crippen MR) is 101 cm³/mol. The molecule has 2 aromatic rings.